The maximum absolute atomic E-state index is 14.0. The Morgan fingerprint density at radius 3 is 2.52 bits per heavy atom. The first-order valence-electron chi connectivity index (χ1n) is 27.5. The number of nitrogens with zero attached hydrogens (tertiary/aromatic N) is 8. The highest BCUT2D eigenvalue weighted by molar-refractivity contribution is 7.13. The molecule has 0 saturated carbocycles. The number of unbranched alkanes of at least 4 members (excludes halogenated alkanes) is 2. The van der Waals surface area contributed by atoms with E-state index in [1.165, 1.54) is 29.8 Å². The molecule has 2 aliphatic rings. The van der Waals surface area contributed by atoms with Gasteiger partial charge in [0.1, 0.15) is 42.4 Å². The Morgan fingerprint density at radius 1 is 0.951 bits per heavy atom. The molecule has 2 aliphatic heterocycles. The maximum atomic E-state index is 14.0. The van der Waals surface area contributed by atoms with E-state index in [1.54, 1.807) is 40.3 Å². The number of benzene rings is 3. The monoisotopic (exact) mass is 1150 g/mol. The van der Waals surface area contributed by atoms with Gasteiger partial charge in [-0.2, -0.15) is 0 Å². The predicted octanol–water partition coefficient (Wildman–Crippen LogP) is 7.80. The van der Waals surface area contributed by atoms with E-state index in [9.17, 15) is 28.7 Å². The molecule has 3 unspecified atom stereocenters. The largest absolute Gasteiger partial charge is 0.491 e. The summed E-state index contributed by atoms with van der Waals surface area (Å²) in [5.74, 6) is -1.25. The molecule has 23 heteroatoms. The number of ether oxygens (including phenoxy) is 3. The van der Waals surface area contributed by atoms with Crippen molar-refractivity contribution in [2.45, 2.75) is 110 Å². The van der Waals surface area contributed by atoms with Gasteiger partial charge in [0, 0.05) is 55.5 Å². The van der Waals surface area contributed by atoms with Gasteiger partial charge in [-0.1, -0.05) is 74.3 Å². The lowest BCUT2D eigenvalue weighted by atomic mass is 9.85. The number of rotatable bonds is 27. The molecule has 20 nitrogen and oxygen atoms in total. The zero-order chi connectivity index (χ0) is 57.3. The van der Waals surface area contributed by atoms with Gasteiger partial charge in [0.2, 0.25) is 23.6 Å². The van der Waals surface area contributed by atoms with Crippen LogP contribution in [0.3, 0.4) is 0 Å². The van der Waals surface area contributed by atoms with E-state index in [-0.39, 0.29) is 56.2 Å². The van der Waals surface area contributed by atoms with Crippen molar-refractivity contribution in [3.05, 3.63) is 113 Å². The Hall–Kier alpha value is -6.95. The Bertz CT molecular complexity index is 3110. The molecule has 5 heterocycles. The SMILES string of the molecule is Cc1ncsc1-c1ccc(CNC(=O)C2CC(O)CN2C(=O)C(NC(=O)COCCOCCn2cc(CCCCCOc3cc4ncnc(Nc5ccc(F)c(Cl)c5)c4cc3NC(=O)C=CCN3CCCCC3)nn2)C(C)(C)C)cc1. The van der Waals surface area contributed by atoms with Crippen LogP contribution in [0.1, 0.15) is 82.7 Å². The molecule has 0 spiro atoms. The number of amides is 4. The molecule has 5 N–H and O–H groups in total. The minimum Gasteiger partial charge on any atom is -0.491 e. The number of fused-ring (bicyclic) bond motifs is 1. The Morgan fingerprint density at radius 2 is 1.75 bits per heavy atom. The molecule has 2 fully saturated rings. The maximum Gasteiger partial charge on any atom is 0.248 e. The number of β-amino-alcohol motifs (C(OH)–C–C–N with tert-alkyl or cyclic N) is 1. The highest BCUT2D eigenvalue weighted by atomic mass is 35.5. The molecule has 81 heavy (non-hydrogen) atoms. The van der Waals surface area contributed by atoms with Gasteiger partial charge >= 0.3 is 0 Å². The summed E-state index contributed by atoms with van der Waals surface area (Å²) < 4.78 is 33.2. The predicted molar refractivity (Wildman–Crippen MR) is 309 cm³/mol. The molecule has 4 amide bonds. The van der Waals surface area contributed by atoms with Crippen molar-refractivity contribution < 1.29 is 42.9 Å². The number of aliphatic hydroxyl groups is 1. The minimum atomic E-state index is -0.984. The lowest BCUT2D eigenvalue weighted by Gasteiger charge is -2.35. The van der Waals surface area contributed by atoms with Gasteiger partial charge in [0.05, 0.1) is 77.1 Å². The summed E-state index contributed by atoms with van der Waals surface area (Å²) in [4.78, 5) is 71.8. The number of halogens is 2. The van der Waals surface area contributed by atoms with Crippen molar-refractivity contribution in [2.75, 3.05) is 69.8 Å². The van der Waals surface area contributed by atoms with E-state index >= 15 is 0 Å². The van der Waals surface area contributed by atoms with Crippen LogP contribution >= 0.6 is 22.9 Å². The number of anilines is 3. The summed E-state index contributed by atoms with van der Waals surface area (Å²) in [6.07, 6.45) is 12.6. The summed E-state index contributed by atoms with van der Waals surface area (Å²) in [7, 11) is 0. The molecule has 3 atom stereocenters. The number of thiazole rings is 1. The van der Waals surface area contributed by atoms with Crippen molar-refractivity contribution in [3.8, 4) is 16.2 Å². The van der Waals surface area contributed by atoms with Crippen LogP contribution in [-0.2, 0) is 48.2 Å². The number of aliphatic hydroxyl groups excluding tert-OH is 1. The second kappa shape index (κ2) is 29.2. The third kappa shape index (κ3) is 17.5. The molecule has 8 rings (SSSR count). The Kier molecular flexibility index (Phi) is 21.7. The average Bonchev–Trinajstić information content (AvgIpc) is 4.28. The average molecular weight is 1150 g/mol. The summed E-state index contributed by atoms with van der Waals surface area (Å²) >= 11 is 7.61. The second-order valence-electron chi connectivity index (χ2n) is 21.3. The molecule has 6 aromatic rings. The van der Waals surface area contributed by atoms with Crippen LogP contribution in [0.4, 0.5) is 21.6 Å². The summed E-state index contributed by atoms with van der Waals surface area (Å²) in [5, 5.41) is 31.7. The zero-order valence-electron chi connectivity index (χ0n) is 46.3. The third-order valence-electron chi connectivity index (χ3n) is 14.0. The van der Waals surface area contributed by atoms with Crippen LogP contribution < -0.4 is 26.0 Å². The molecular weight excluding hydrogens is 1080 g/mol. The van der Waals surface area contributed by atoms with Gasteiger partial charge in [0.15, 0.2) is 0 Å². The second-order valence-corrected chi connectivity index (χ2v) is 22.6. The molecule has 3 aromatic carbocycles. The number of aromatic nitrogens is 6. The first kappa shape index (κ1) is 60.2. The van der Waals surface area contributed by atoms with Crippen LogP contribution in [0.25, 0.3) is 21.3 Å². The molecule has 0 bridgehead atoms. The van der Waals surface area contributed by atoms with Gasteiger partial charge in [-0.25, -0.2) is 24.0 Å². The number of aryl methyl sites for hydroxylation is 2. The number of piperidine rings is 1. The topological polar surface area (TPSA) is 240 Å². The molecule has 0 aliphatic carbocycles. The highest BCUT2D eigenvalue weighted by Crippen LogP contribution is 2.35. The number of hydrogen-bond acceptors (Lipinski definition) is 16. The summed E-state index contributed by atoms with van der Waals surface area (Å²) in [5.41, 5.74) is 6.39. The molecular formula is C58H72ClFN12O8S. The standard InChI is InChI=1S/C58H72ClFN12O8S/c1-38-53(81-37-64-38)40-16-14-39(15-17-40)32-61-56(76)49-29-43(73)34-72(49)57(77)54(58(2,3)4)67-52(75)35-79-27-26-78-25-23-71-33-42(68-69-71)12-7-5-10-24-80-50-31-47-44(55(63-36-62-47)65-41-18-19-46(60)45(59)28-41)30-48(50)66-51(74)13-11-22-70-20-8-6-9-21-70/h11,13-19,28,30-31,33,36-37,43,49,54,73H,5-10,12,20-27,29,32,34-35H2,1-4H3,(H,61,76)(H,66,74)(H,67,75)(H,62,63,65). The summed E-state index contributed by atoms with van der Waals surface area (Å²) in [6.45, 7) is 11.6. The minimum absolute atomic E-state index is 0.0292. The van der Waals surface area contributed by atoms with E-state index in [0.29, 0.717) is 66.6 Å². The van der Waals surface area contributed by atoms with Crippen molar-refractivity contribution in [2.24, 2.45) is 5.41 Å². The van der Waals surface area contributed by atoms with E-state index in [1.807, 2.05) is 69.7 Å². The number of carbonyl (C=O) groups excluding carboxylic acids is 4. The highest BCUT2D eigenvalue weighted by Gasteiger charge is 2.44. The number of carbonyl (C=O) groups is 4. The van der Waals surface area contributed by atoms with Gasteiger partial charge in [-0.3, -0.25) is 24.1 Å². The fourth-order valence-electron chi connectivity index (χ4n) is 9.59. The normalized spacial score (nSPS) is 16.2. The van der Waals surface area contributed by atoms with Crippen molar-refractivity contribution in [1.29, 1.82) is 0 Å². The fraction of sp³-hybridized carbons (Fsp3) is 0.466. The van der Waals surface area contributed by atoms with Crippen LogP contribution in [0.5, 0.6) is 5.75 Å². The van der Waals surface area contributed by atoms with E-state index < -0.39 is 41.2 Å². The van der Waals surface area contributed by atoms with Gasteiger partial charge < -0.3 is 45.5 Å². The molecule has 0 radical (unpaired) electrons. The van der Waals surface area contributed by atoms with Crippen LogP contribution in [-0.4, -0.2) is 146 Å². The smallest absolute Gasteiger partial charge is 0.248 e. The lowest BCUT2D eigenvalue weighted by Crippen LogP contribution is -2.58. The van der Waals surface area contributed by atoms with E-state index in [4.69, 9.17) is 25.8 Å². The van der Waals surface area contributed by atoms with Gasteiger partial charge in [0.25, 0.3) is 0 Å². The quantitative estimate of drug-likeness (QED) is 0.0244. The Balaban J connectivity index is 0.728. The van der Waals surface area contributed by atoms with Crippen molar-refractivity contribution >= 4 is 74.7 Å². The molecule has 2 saturated heterocycles. The zero-order valence-corrected chi connectivity index (χ0v) is 47.9. The van der Waals surface area contributed by atoms with Crippen molar-refractivity contribution in [3.63, 3.8) is 0 Å². The lowest BCUT2D eigenvalue weighted by molar-refractivity contribution is -0.144. The van der Waals surface area contributed by atoms with E-state index in [2.05, 4.69) is 51.4 Å². The fourth-order valence-corrected chi connectivity index (χ4v) is 10.6. The number of nitrogens with one attached hydrogen (secondary N) is 4. The van der Waals surface area contributed by atoms with Crippen molar-refractivity contribution in [1.82, 2.24) is 50.4 Å². The first-order valence-corrected chi connectivity index (χ1v) is 28.8. The number of likely N-dealkylation sites (tertiary alicyclic amines) is 2. The third-order valence-corrected chi connectivity index (χ3v) is 15.2. The Labute approximate surface area is 480 Å². The van der Waals surface area contributed by atoms with Crippen LogP contribution in [0.15, 0.2) is 84.8 Å². The molecule has 3 aromatic heterocycles. The van der Waals surface area contributed by atoms with Gasteiger partial charge in [-0.05, 0) is 99.3 Å². The molecule has 432 valence electrons. The number of hydrogen-bond donors (Lipinski definition) is 5. The first-order chi connectivity index (χ1) is 39.1. The van der Waals surface area contributed by atoms with Crippen LogP contribution in [0.2, 0.25) is 5.02 Å². The van der Waals surface area contributed by atoms with E-state index in [0.717, 1.165) is 72.6 Å². The van der Waals surface area contributed by atoms with Gasteiger partial charge in [-0.15, -0.1) is 16.4 Å². The van der Waals surface area contributed by atoms with Crippen LogP contribution in [0, 0.1) is 18.2 Å². The summed E-state index contributed by atoms with van der Waals surface area (Å²) in [6, 6.07) is 13.8.